The van der Waals surface area contributed by atoms with E-state index in [0.717, 1.165) is 18.6 Å². The Balaban J connectivity index is 2.07. The Morgan fingerprint density at radius 1 is 1.50 bits per heavy atom. The predicted molar refractivity (Wildman–Crippen MR) is 82.7 cm³/mol. The second-order valence-electron chi connectivity index (χ2n) is 4.52. The molecule has 7 heteroatoms. The lowest BCUT2D eigenvalue weighted by Gasteiger charge is -2.20. The SMILES string of the molecule is N/C(=N/O)c1ccc(NC(=O)C2CCCCS2)c(Cl)c1. The monoisotopic (exact) mass is 313 g/mol. The molecule has 20 heavy (non-hydrogen) atoms. The molecule has 5 nitrogen and oxygen atoms in total. The Bertz CT molecular complexity index is 530. The molecule has 1 saturated heterocycles. The molecule has 1 fully saturated rings. The zero-order valence-electron chi connectivity index (χ0n) is 10.8. The van der Waals surface area contributed by atoms with Gasteiger partial charge in [-0.2, -0.15) is 0 Å². The summed E-state index contributed by atoms with van der Waals surface area (Å²) in [5.41, 5.74) is 6.52. The molecule has 0 aromatic heterocycles. The lowest BCUT2D eigenvalue weighted by molar-refractivity contribution is -0.115. The molecule has 0 aliphatic carbocycles. The van der Waals surface area contributed by atoms with E-state index in [1.54, 1.807) is 30.0 Å². The molecule has 4 N–H and O–H groups in total. The molecule has 1 unspecified atom stereocenters. The summed E-state index contributed by atoms with van der Waals surface area (Å²) in [6.45, 7) is 0. The molecular formula is C13H16ClN3O2S. The van der Waals surface area contributed by atoms with E-state index in [1.807, 2.05) is 0 Å². The highest BCUT2D eigenvalue weighted by Crippen LogP contribution is 2.28. The Morgan fingerprint density at radius 2 is 2.30 bits per heavy atom. The minimum atomic E-state index is -0.0207. The number of anilines is 1. The first kappa shape index (κ1) is 15.0. The van der Waals surface area contributed by atoms with Crippen LogP contribution in [0, 0.1) is 0 Å². The van der Waals surface area contributed by atoms with Gasteiger partial charge < -0.3 is 16.3 Å². The maximum atomic E-state index is 12.1. The van der Waals surface area contributed by atoms with E-state index in [2.05, 4.69) is 10.5 Å². The molecule has 1 amide bonds. The molecule has 1 heterocycles. The number of benzene rings is 1. The first-order valence-corrected chi connectivity index (χ1v) is 7.74. The van der Waals surface area contributed by atoms with Crippen LogP contribution in [-0.2, 0) is 4.79 Å². The van der Waals surface area contributed by atoms with Crippen LogP contribution >= 0.6 is 23.4 Å². The molecule has 1 aromatic carbocycles. The van der Waals surface area contributed by atoms with Crippen molar-refractivity contribution in [3.63, 3.8) is 0 Å². The summed E-state index contributed by atoms with van der Waals surface area (Å²) in [4.78, 5) is 12.1. The first-order valence-electron chi connectivity index (χ1n) is 6.31. The number of nitrogens with two attached hydrogens (primary N) is 1. The summed E-state index contributed by atoms with van der Waals surface area (Å²) in [7, 11) is 0. The van der Waals surface area contributed by atoms with Gasteiger partial charge in [0.2, 0.25) is 5.91 Å². The number of thioether (sulfide) groups is 1. The molecule has 2 rings (SSSR count). The van der Waals surface area contributed by atoms with Crippen molar-refractivity contribution in [1.82, 2.24) is 0 Å². The number of carbonyl (C=O) groups is 1. The molecule has 1 aliphatic heterocycles. The smallest absolute Gasteiger partial charge is 0.237 e. The molecule has 108 valence electrons. The highest BCUT2D eigenvalue weighted by Gasteiger charge is 2.22. The number of amidine groups is 1. The summed E-state index contributed by atoms with van der Waals surface area (Å²) in [6.07, 6.45) is 3.15. The molecule has 1 aliphatic rings. The van der Waals surface area contributed by atoms with Crippen molar-refractivity contribution in [2.75, 3.05) is 11.1 Å². The van der Waals surface area contributed by atoms with Gasteiger partial charge in [0.1, 0.15) is 0 Å². The maximum absolute atomic E-state index is 12.1. The van der Waals surface area contributed by atoms with Crippen LogP contribution in [0.1, 0.15) is 24.8 Å². The van der Waals surface area contributed by atoms with E-state index in [0.29, 0.717) is 16.3 Å². The lowest BCUT2D eigenvalue weighted by Crippen LogP contribution is -2.27. The van der Waals surface area contributed by atoms with Gasteiger partial charge in [0.25, 0.3) is 0 Å². The third-order valence-electron chi connectivity index (χ3n) is 3.10. The zero-order chi connectivity index (χ0) is 14.5. The minimum absolute atomic E-state index is 0.0106. The van der Waals surface area contributed by atoms with Gasteiger partial charge >= 0.3 is 0 Å². The van der Waals surface area contributed by atoms with Crippen molar-refractivity contribution in [3.8, 4) is 0 Å². The molecule has 1 aromatic rings. The highest BCUT2D eigenvalue weighted by atomic mass is 35.5. The number of hydrogen-bond donors (Lipinski definition) is 3. The zero-order valence-corrected chi connectivity index (χ0v) is 12.4. The van der Waals surface area contributed by atoms with Crippen molar-refractivity contribution < 1.29 is 10.0 Å². The van der Waals surface area contributed by atoms with Crippen LogP contribution in [0.15, 0.2) is 23.4 Å². The van der Waals surface area contributed by atoms with E-state index in [-0.39, 0.29) is 17.0 Å². The van der Waals surface area contributed by atoms with Gasteiger partial charge in [0.05, 0.1) is 16.0 Å². The van der Waals surface area contributed by atoms with E-state index in [4.69, 9.17) is 22.5 Å². The Labute approximate surface area is 126 Å². The third kappa shape index (κ3) is 3.58. The Hall–Kier alpha value is -1.40. The third-order valence-corrected chi connectivity index (χ3v) is 4.79. The average molecular weight is 314 g/mol. The van der Waals surface area contributed by atoms with E-state index >= 15 is 0 Å². The van der Waals surface area contributed by atoms with E-state index in [1.165, 1.54) is 6.42 Å². The Kier molecular flexibility index (Phi) is 5.14. The Morgan fingerprint density at radius 3 is 2.90 bits per heavy atom. The summed E-state index contributed by atoms with van der Waals surface area (Å²) < 4.78 is 0. The van der Waals surface area contributed by atoms with Crippen molar-refractivity contribution >= 4 is 40.8 Å². The minimum Gasteiger partial charge on any atom is -0.409 e. The fourth-order valence-electron chi connectivity index (χ4n) is 1.99. The number of carbonyl (C=O) groups excluding carboxylic acids is 1. The molecule has 0 spiro atoms. The highest BCUT2D eigenvalue weighted by molar-refractivity contribution is 8.00. The number of hydrogen-bond acceptors (Lipinski definition) is 4. The van der Waals surface area contributed by atoms with Crippen LogP contribution in [-0.4, -0.2) is 28.0 Å². The van der Waals surface area contributed by atoms with E-state index in [9.17, 15) is 4.79 Å². The van der Waals surface area contributed by atoms with Gasteiger partial charge in [-0.25, -0.2) is 0 Å². The number of rotatable bonds is 3. The second kappa shape index (κ2) is 6.85. The van der Waals surface area contributed by atoms with Gasteiger partial charge in [-0.05, 0) is 36.8 Å². The van der Waals surface area contributed by atoms with Crippen LogP contribution < -0.4 is 11.1 Å². The van der Waals surface area contributed by atoms with Gasteiger partial charge in [-0.1, -0.05) is 23.2 Å². The van der Waals surface area contributed by atoms with Crippen LogP contribution in [0.2, 0.25) is 5.02 Å². The van der Waals surface area contributed by atoms with Gasteiger partial charge in [0, 0.05) is 5.56 Å². The molecule has 0 radical (unpaired) electrons. The van der Waals surface area contributed by atoms with Crippen LogP contribution in [0.25, 0.3) is 0 Å². The quantitative estimate of drug-likeness (QED) is 0.346. The predicted octanol–water partition coefficient (Wildman–Crippen LogP) is 2.66. The summed E-state index contributed by atoms with van der Waals surface area (Å²) in [5, 5.41) is 14.7. The van der Waals surface area contributed by atoms with Crippen LogP contribution in [0.3, 0.4) is 0 Å². The maximum Gasteiger partial charge on any atom is 0.237 e. The number of oxime groups is 1. The number of nitrogens with one attached hydrogen (secondary N) is 1. The van der Waals surface area contributed by atoms with Crippen molar-refractivity contribution in [1.29, 1.82) is 0 Å². The summed E-state index contributed by atoms with van der Waals surface area (Å²) in [5.74, 6) is 0.981. The van der Waals surface area contributed by atoms with Crippen molar-refractivity contribution in [2.45, 2.75) is 24.5 Å². The van der Waals surface area contributed by atoms with Crippen molar-refractivity contribution in [3.05, 3.63) is 28.8 Å². The normalized spacial score (nSPS) is 19.6. The molecular weight excluding hydrogens is 298 g/mol. The molecule has 0 saturated carbocycles. The number of halogens is 1. The summed E-state index contributed by atoms with van der Waals surface area (Å²) in [6, 6.07) is 4.85. The van der Waals surface area contributed by atoms with Gasteiger partial charge in [0.15, 0.2) is 5.84 Å². The average Bonchev–Trinajstić information content (AvgIpc) is 2.49. The standard InChI is InChI=1S/C13H16ClN3O2S/c14-9-7-8(12(15)17-19)4-5-10(9)16-13(18)11-3-1-2-6-20-11/h4-5,7,11,19H,1-3,6H2,(H2,15,17)(H,16,18). The summed E-state index contributed by atoms with van der Waals surface area (Å²) >= 11 is 7.78. The first-order chi connectivity index (χ1) is 9.61. The topological polar surface area (TPSA) is 87.7 Å². The second-order valence-corrected chi connectivity index (χ2v) is 6.24. The van der Waals surface area contributed by atoms with Crippen LogP contribution in [0.4, 0.5) is 5.69 Å². The van der Waals surface area contributed by atoms with E-state index < -0.39 is 0 Å². The van der Waals surface area contributed by atoms with Gasteiger partial charge in [-0.15, -0.1) is 11.8 Å². The largest absolute Gasteiger partial charge is 0.409 e. The lowest BCUT2D eigenvalue weighted by atomic mass is 10.1. The fourth-order valence-corrected chi connectivity index (χ4v) is 3.42. The number of amides is 1. The fraction of sp³-hybridized carbons (Fsp3) is 0.385. The molecule has 0 bridgehead atoms. The molecule has 1 atom stereocenters. The van der Waals surface area contributed by atoms with Crippen LogP contribution in [0.5, 0.6) is 0 Å². The van der Waals surface area contributed by atoms with Crippen molar-refractivity contribution in [2.24, 2.45) is 10.9 Å². The number of nitrogens with zero attached hydrogens (tertiary/aromatic N) is 1. The van der Waals surface area contributed by atoms with Gasteiger partial charge in [-0.3, -0.25) is 4.79 Å².